The van der Waals surface area contributed by atoms with Gasteiger partial charge >= 0.3 is 0 Å². The van der Waals surface area contributed by atoms with Crippen LogP contribution in [0, 0.1) is 23.2 Å². The summed E-state index contributed by atoms with van der Waals surface area (Å²) in [6, 6.07) is 34.4. The van der Waals surface area contributed by atoms with Crippen LogP contribution in [0.15, 0.2) is 112 Å². The van der Waals surface area contributed by atoms with Crippen LogP contribution in [0.3, 0.4) is 0 Å². The Morgan fingerprint density at radius 3 is 1.45 bits per heavy atom. The largest absolute Gasteiger partial charge is 0.287 e. The van der Waals surface area contributed by atoms with Gasteiger partial charge < -0.3 is 0 Å². The van der Waals surface area contributed by atoms with Crippen LogP contribution in [0.1, 0.15) is 59.7 Å². The molecule has 0 aliphatic heterocycles. The Labute approximate surface area is 286 Å². The quantitative estimate of drug-likeness (QED) is 0.138. The van der Waals surface area contributed by atoms with E-state index in [1.54, 1.807) is 32.9 Å². The summed E-state index contributed by atoms with van der Waals surface area (Å²) in [5.74, 6) is 6.60. The Balaban J connectivity index is 1.51. The van der Waals surface area contributed by atoms with Crippen LogP contribution in [0.2, 0.25) is 0 Å². The van der Waals surface area contributed by atoms with Crippen LogP contribution in [0.4, 0.5) is 0 Å². The highest BCUT2D eigenvalue weighted by molar-refractivity contribution is 8.14. The van der Waals surface area contributed by atoms with Crippen molar-refractivity contribution in [3.63, 3.8) is 0 Å². The van der Waals surface area contributed by atoms with Crippen molar-refractivity contribution in [3.05, 3.63) is 136 Å². The average Bonchev–Trinajstić information content (AvgIpc) is 3.48. The van der Waals surface area contributed by atoms with E-state index in [0.29, 0.717) is 5.56 Å². The van der Waals surface area contributed by atoms with Gasteiger partial charge in [0, 0.05) is 46.6 Å². The van der Waals surface area contributed by atoms with Crippen molar-refractivity contribution in [1.82, 2.24) is 0 Å². The van der Waals surface area contributed by atoms with E-state index in [1.807, 2.05) is 36.4 Å². The number of rotatable bonds is 3. The number of nitriles is 1. The Bertz CT molecular complexity index is 2220. The number of nitrogens with zero attached hydrogens (tertiary/aromatic N) is 1. The molecule has 4 nitrogen and oxygen atoms in total. The molecule has 0 radical (unpaired) electrons. The summed E-state index contributed by atoms with van der Waals surface area (Å²) >= 11 is 3.61. The molecule has 7 rings (SSSR count). The van der Waals surface area contributed by atoms with Crippen LogP contribution >= 0.6 is 35.3 Å². The Hall–Kier alpha value is -4.79. The van der Waals surface area contributed by atoms with Gasteiger partial charge in [0.2, 0.25) is 0 Å². The van der Waals surface area contributed by atoms with Crippen LogP contribution in [0.5, 0.6) is 0 Å². The fourth-order valence-corrected chi connectivity index (χ4v) is 8.65. The van der Waals surface area contributed by atoms with Crippen LogP contribution in [-0.4, -0.2) is 15.3 Å². The second-order valence-electron chi connectivity index (χ2n) is 11.4. The zero-order valence-corrected chi connectivity index (χ0v) is 28.1. The van der Waals surface area contributed by atoms with E-state index in [4.69, 9.17) is 0 Å². The third kappa shape index (κ3) is 5.41. The third-order valence-corrected chi connectivity index (χ3v) is 10.7. The number of thioether (sulfide) groups is 3. The van der Waals surface area contributed by atoms with Crippen LogP contribution < -0.4 is 0 Å². The van der Waals surface area contributed by atoms with E-state index in [-0.39, 0.29) is 15.3 Å². The van der Waals surface area contributed by atoms with Crippen molar-refractivity contribution in [2.45, 2.75) is 40.9 Å². The first-order chi connectivity index (χ1) is 22.7. The summed E-state index contributed by atoms with van der Waals surface area (Å²) in [6.07, 6.45) is 0. The summed E-state index contributed by atoms with van der Waals surface area (Å²) in [5.41, 5.74) is 10.0. The highest BCUT2D eigenvalue weighted by atomic mass is 32.2. The van der Waals surface area contributed by atoms with E-state index >= 15 is 0 Å². The van der Waals surface area contributed by atoms with Gasteiger partial charge in [-0.1, -0.05) is 71.4 Å². The minimum absolute atomic E-state index is 0.00621. The lowest BCUT2D eigenvalue weighted by Gasteiger charge is -2.31. The Kier molecular flexibility index (Phi) is 7.94. The topological polar surface area (TPSA) is 75.0 Å². The standard InChI is InChI=1S/C40H25NO3S3/c1-23(42)45-29-12-16-36-34(19-29)35-20-30(46-24(2)43)13-17-37(35)40(36)38-18-27(7-4-26-5-8-28(22-41)9-6-26)10-14-32(38)33-15-11-31(21-39(33)40)47-25(3)44/h5-6,8-21H,1-3H3. The molecule has 0 unspecified atom stereocenters. The molecule has 47 heavy (non-hydrogen) atoms. The number of carbonyl (C=O) groups excluding carboxylic acids is 3. The van der Waals surface area contributed by atoms with Crippen molar-refractivity contribution in [3.8, 4) is 40.2 Å². The highest BCUT2D eigenvalue weighted by Crippen LogP contribution is 2.63. The molecule has 0 atom stereocenters. The van der Waals surface area contributed by atoms with Gasteiger partial charge in [0.1, 0.15) is 0 Å². The Morgan fingerprint density at radius 2 is 0.915 bits per heavy atom. The van der Waals surface area contributed by atoms with Crippen LogP contribution in [0.25, 0.3) is 22.3 Å². The number of benzene rings is 5. The summed E-state index contributed by atoms with van der Waals surface area (Å²) in [4.78, 5) is 39.1. The predicted octanol–water partition coefficient (Wildman–Crippen LogP) is 9.22. The first-order valence-electron chi connectivity index (χ1n) is 14.8. The van der Waals surface area contributed by atoms with Crippen molar-refractivity contribution in [2.24, 2.45) is 0 Å². The first kappa shape index (κ1) is 30.8. The number of hydrogen-bond donors (Lipinski definition) is 0. The fraction of sp³-hybridized carbons (Fsp3) is 0.100. The average molecular weight is 664 g/mol. The molecule has 0 fully saturated rings. The molecular formula is C40H25NO3S3. The summed E-state index contributed by atoms with van der Waals surface area (Å²) in [6.45, 7) is 4.70. The molecule has 2 aliphatic rings. The molecular weight excluding hydrogens is 639 g/mol. The molecule has 1 spiro atoms. The SMILES string of the molecule is CC(=O)Sc1ccc2c(c1)-c1cc(SC(C)=O)ccc1C21c2cc(C#Cc3ccc(C#N)cc3)ccc2-c2ccc(SC(C)=O)cc21. The van der Waals surface area contributed by atoms with E-state index in [9.17, 15) is 19.6 Å². The van der Waals surface area contributed by atoms with E-state index in [1.165, 1.54) is 35.3 Å². The van der Waals surface area contributed by atoms with Gasteiger partial charge in [0.05, 0.1) is 17.0 Å². The molecule has 0 N–H and O–H groups in total. The van der Waals surface area contributed by atoms with Crippen molar-refractivity contribution in [2.75, 3.05) is 0 Å². The third-order valence-electron chi connectivity index (χ3n) is 8.34. The second-order valence-corrected chi connectivity index (χ2v) is 15.1. The lowest BCUT2D eigenvalue weighted by molar-refractivity contribution is -0.109. The molecule has 0 saturated carbocycles. The molecule has 2 aliphatic carbocycles. The maximum Gasteiger partial charge on any atom is 0.190 e. The number of hydrogen-bond acceptors (Lipinski definition) is 7. The van der Waals surface area contributed by atoms with Gasteiger partial charge in [-0.15, -0.1) is 0 Å². The zero-order valence-electron chi connectivity index (χ0n) is 25.6. The first-order valence-corrected chi connectivity index (χ1v) is 17.3. The molecule has 226 valence electrons. The summed E-state index contributed by atoms with van der Waals surface area (Å²) in [7, 11) is 0. The monoisotopic (exact) mass is 663 g/mol. The van der Waals surface area contributed by atoms with Gasteiger partial charge in [-0.3, -0.25) is 14.4 Å². The molecule has 0 heterocycles. The zero-order chi connectivity index (χ0) is 32.9. The van der Waals surface area contributed by atoms with Gasteiger partial charge in [-0.2, -0.15) is 5.26 Å². The minimum atomic E-state index is -0.715. The normalized spacial score (nSPS) is 12.6. The maximum absolute atomic E-state index is 12.2. The fourth-order valence-electron chi connectivity index (χ4n) is 6.71. The summed E-state index contributed by atoms with van der Waals surface area (Å²) < 4.78 is 0. The van der Waals surface area contributed by atoms with Crippen molar-refractivity contribution >= 4 is 50.6 Å². The maximum atomic E-state index is 12.2. The van der Waals surface area contributed by atoms with Gasteiger partial charge in [0.25, 0.3) is 0 Å². The smallest absolute Gasteiger partial charge is 0.190 e. The predicted molar refractivity (Wildman–Crippen MR) is 189 cm³/mol. The van der Waals surface area contributed by atoms with Crippen LogP contribution in [-0.2, 0) is 19.8 Å². The number of carbonyl (C=O) groups is 3. The minimum Gasteiger partial charge on any atom is -0.287 e. The molecule has 0 amide bonds. The van der Waals surface area contributed by atoms with Crippen molar-refractivity contribution in [1.29, 1.82) is 5.26 Å². The molecule has 0 aromatic heterocycles. The molecule has 5 aromatic carbocycles. The van der Waals surface area contributed by atoms with Gasteiger partial charge in [-0.25, -0.2) is 0 Å². The number of fused-ring (bicyclic) bond motifs is 10. The highest BCUT2D eigenvalue weighted by Gasteiger charge is 2.52. The van der Waals surface area contributed by atoms with Gasteiger partial charge in [-0.05, 0) is 117 Å². The Morgan fingerprint density at radius 1 is 0.489 bits per heavy atom. The lowest BCUT2D eigenvalue weighted by Crippen LogP contribution is -2.26. The second kappa shape index (κ2) is 12.1. The van der Waals surface area contributed by atoms with E-state index < -0.39 is 5.41 Å². The van der Waals surface area contributed by atoms with Gasteiger partial charge in [0.15, 0.2) is 15.3 Å². The van der Waals surface area contributed by atoms with E-state index in [0.717, 1.165) is 70.3 Å². The summed E-state index contributed by atoms with van der Waals surface area (Å²) in [5, 5.41) is 9.20. The molecule has 0 saturated heterocycles. The van der Waals surface area contributed by atoms with Crippen molar-refractivity contribution < 1.29 is 14.4 Å². The molecule has 5 aromatic rings. The lowest BCUT2D eigenvalue weighted by atomic mass is 9.70. The molecule has 7 heteroatoms. The van der Waals surface area contributed by atoms with E-state index in [2.05, 4.69) is 66.4 Å². The molecule has 0 bridgehead atoms.